The molecule has 0 bridgehead atoms. The smallest absolute Gasteiger partial charge is 0.123 e. The molecule has 3 nitrogen and oxygen atoms in total. The molecule has 1 N–H and O–H groups in total. The molecular formula is C14H18FN3. The maximum Gasteiger partial charge on any atom is 0.123 e. The van der Waals surface area contributed by atoms with Gasteiger partial charge in [-0.3, -0.25) is 4.68 Å². The molecule has 0 radical (unpaired) electrons. The molecule has 1 heterocycles. The first-order valence-electron chi connectivity index (χ1n) is 6.15. The summed E-state index contributed by atoms with van der Waals surface area (Å²) in [6.45, 7) is 4.90. The summed E-state index contributed by atoms with van der Waals surface area (Å²) in [7, 11) is 1.90. The van der Waals surface area contributed by atoms with E-state index in [1.807, 2.05) is 30.9 Å². The van der Waals surface area contributed by atoms with E-state index in [1.165, 1.54) is 6.07 Å². The fraction of sp³-hybridized carbons (Fsp3) is 0.357. The molecule has 4 heteroatoms. The standard InChI is InChI=1S/C14H18FN3/c1-4-18-9-11(8-17-18)14-7-12(15)5-6-13(14)10(2)16-3/h5-10,16H,4H2,1-3H3. The summed E-state index contributed by atoms with van der Waals surface area (Å²) in [5.41, 5.74) is 2.93. The van der Waals surface area contributed by atoms with Crippen molar-refractivity contribution in [3.8, 4) is 11.1 Å². The van der Waals surface area contributed by atoms with Crippen molar-refractivity contribution in [2.45, 2.75) is 26.4 Å². The quantitative estimate of drug-likeness (QED) is 0.900. The molecule has 0 saturated heterocycles. The second-order valence-electron chi connectivity index (χ2n) is 4.33. The van der Waals surface area contributed by atoms with Gasteiger partial charge in [-0.1, -0.05) is 6.07 Å². The van der Waals surface area contributed by atoms with Crippen LogP contribution in [-0.4, -0.2) is 16.8 Å². The number of nitrogens with zero attached hydrogens (tertiary/aromatic N) is 2. The van der Waals surface area contributed by atoms with Crippen LogP contribution in [0.25, 0.3) is 11.1 Å². The van der Waals surface area contributed by atoms with E-state index in [1.54, 1.807) is 12.3 Å². The molecule has 0 saturated carbocycles. The highest BCUT2D eigenvalue weighted by Gasteiger charge is 2.12. The number of aryl methyl sites for hydroxylation is 1. The highest BCUT2D eigenvalue weighted by molar-refractivity contribution is 5.66. The molecule has 1 aromatic heterocycles. The Morgan fingerprint density at radius 3 is 2.83 bits per heavy atom. The van der Waals surface area contributed by atoms with Gasteiger partial charge < -0.3 is 5.32 Å². The normalized spacial score (nSPS) is 12.7. The van der Waals surface area contributed by atoms with Gasteiger partial charge in [0.25, 0.3) is 0 Å². The lowest BCUT2D eigenvalue weighted by atomic mass is 9.97. The number of hydrogen-bond donors (Lipinski definition) is 1. The fourth-order valence-electron chi connectivity index (χ4n) is 1.99. The van der Waals surface area contributed by atoms with Crippen molar-refractivity contribution in [3.05, 3.63) is 42.0 Å². The molecule has 18 heavy (non-hydrogen) atoms. The molecule has 0 aliphatic heterocycles. The second-order valence-corrected chi connectivity index (χ2v) is 4.33. The Labute approximate surface area is 107 Å². The Balaban J connectivity index is 2.50. The lowest BCUT2D eigenvalue weighted by Gasteiger charge is -2.15. The zero-order valence-corrected chi connectivity index (χ0v) is 10.9. The highest BCUT2D eigenvalue weighted by Crippen LogP contribution is 2.28. The third kappa shape index (κ3) is 2.43. The number of aromatic nitrogens is 2. The minimum Gasteiger partial charge on any atom is -0.313 e. The van der Waals surface area contributed by atoms with Gasteiger partial charge in [0, 0.05) is 24.3 Å². The SMILES string of the molecule is CCn1cc(-c2cc(F)ccc2C(C)NC)cn1. The molecule has 2 rings (SSSR count). The first-order valence-corrected chi connectivity index (χ1v) is 6.15. The topological polar surface area (TPSA) is 29.9 Å². The van der Waals surface area contributed by atoms with Gasteiger partial charge in [-0.2, -0.15) is 5.10 Å². The predicted molar refractivity (Wildman–Crippen MR) is 70.8 cm³/mol. The van der Waals surface area contributed by atoms with Gasteiger partial charge in [-0.15, -0.1) is 0 Å². The molecule has 0 aliphatic carbocycles. The van der Waals surface area contributed by atoms with Gasteiger partial charge >= 0.3 is 0 Å². The number of rotatable bonds is 4. The monoisotopic (exact) mass is 247 g/mol. The van der Waals surface area contributed by atoms with E-state index < -0.39 is 0 Å². The van der Waals surface area contributed by atoms with Crippen LogP contribution in [-0.2, 0) is 6.54 Å². The van der Waals surface area contributed by atoms with E-state index in [0.717, 1.165) is 23.2 Å². The first-order chi connectivity index (χ1) is 8.65. The van der Waals surface area contributed by atoms with Crippen molar-refractivity contribution in [1.82, 2.24) is 15.1 Å². The Bertz CT molecular complexity index is 534. The van der Waals surface area contributed by atoms with Crippen LogP contribution in [0.1, 0.15) is 25.5 Å². The number of hydrogen-bond acceptors (Lipinski definition) is 2. The zero-order chi connectivity index (χ0) is 13.1. The van der Waals surface area contributed by atoms with Crippen LogP contribution in [0.2, 0.25) is 0 Å². The van der Waals surface area contributed by atoms with E-state index in [0.29, 0.717) is 0 Å². The summed E-state index contributed by atoms with van der Waals surface area (Å²) < 4.78 is 15.3. The van der Waals surface area contributed by atoms with Crippen LogP contribution in [0, 0.1) is 5.82 Å². The average Bonchev–Trinajstić information content (AvgIpc) is 2.86. The van der Waals surface area contributed by atoms with Gasteiger partial charge in [0.1, 0.15) is 5.82 Å². The molecule has 0 fully saturated rings. The fourth-order valence-corrected chi connectivity index (χ4v) is 1.99. The molecule has 2 aromatic rings. The second kappa shape index (κ2) is 5.31. The summed E-state index contributed by atoms with van der Waals surface area (Å²) in [5, 5.41) is 7.42. The maximum atomic E-state index is 13.4. The molecule has 1 atom stereocenters. The molecule has 1 unspecified atom stereocenters. The van der Waals surface area contributed by atoms with E-state index in [2.05, 4.69) is 17.3 Å². The summed E-state index contributed by atoms with van der Waals surface area (Å²) in [6.07, 6.45) is 3.73. The van der Waals surface area contributed by atoms with E-state index in [4.69, 9.17) is 0 Å². The van der Waals surface area contributed by atoms with E-state index in [9.17, 15) is 4.39 Å². The van der Waals surface area contributed by atoms with Gasteiger partial charge in [-0.05, 0) is 44.2 Å². The molecule has 0 amide bonds. The molecular weight excluding hydrogens is 229 g/mol. The van der Waals surface area contributed by atoms with Crippen molar-refractivity contribution in [3.63, 3.8) is 0 Å². The van der Waals surface area contributed by atoms with Gasteiger partial charge in [0.15, 0.2) is 0 Å². The van der Waals surface area contributed by atoms with Crippen molar-refractivity contribution >= 4 is 0 Å². The number of nitrogens with one attached hydrogen (secondary N) is 1. The van der Waals surface area contributed by atoms with E-state index in [-0.39, 0.29) is 11.9 Å². The molecule has 0 spiro atoms. The van der Waals surface area contributed by atoms with Crippen LogP contribution in [0.5, 0.6) is 0 Å². The minimum atomic E-state index is -0.221. The molecule has 96 valence electrons. The first kappa shape index (κ1) is 12.8. The third-order valence-corrected chi connectivity index (χ3v) is 3.18. The highest BCUT2D eigenvalue weighted by atomic mass is 19.1. The summed E-state index contributed by atoms with van der Waals surface area (Å²) in [4.78, 5) is 0. The Morgan fingerprint density at radius 2 is 2.22 bits per heavy atom. The lowest BCUT2D eigenvalue weighted by molar-refractivity contribution is 0.620. The molecule has 1 aromatic carbocycles. The van der Waals surface area contributed by atoms with Gasteiger partial charge in [0.2, 0.25) is 0 Å². The average molecular weight is 247 g/mol. The summed E-state index contributed by atoms with van der Waals surface area (Å²) in [5.74, 6) is -0.221. The van der Waals surface area contributed by atoms with Crippen LogP contribution < -0.4 is 5.32 Å². The Hall–Kier alpha value is -1.68. The largest absolute Gasteiger partial charge is 0.313 e. The summed E-state index contributed by atoms with van der Waals surface area (Å²) >= 11 is 0. The minimum absolute atomic E-state index is 0.172. The zero-order valence-electron chi connectivity index (χ0n) is 10.9. The van der Waals surface area contributed by atoms with Crippen LogP contribution in [0.3, 0.4) is 0 Å². The van der Waals surface area contributed by atoms with Gasteiger partial charge in [0.05, 0.1) is 6.20 Å². The van der Waals surface area contributed by atoms with E-state index >= 15 is 0 Å². The number of halogens is 1. The summed E-state index contributed by atoms with van der Waals surface area (Å²) in [6, 6.07) is 5.07. The van der Waals surface area contributed by atoms with Crippen LogP contribution in [0.15, 0.2) is 30.6 Å². The van der Waals surface area contributed by atoms with Crippen molar-refractivity contribution in [2.75, 3.05) is 7.05 Å². The van der Waals surface area contributed by atoms with Crippen LogP contribution >= 0.6 is 0 Å². The van der Waals surface area contributed by atoms with Crippen molar-refractivity contribution in [2.24, 2.45) is 0 Å². The van der Waals surface area contributed by atoms with Gasteiger partial charge in [-0.25, -0.2) is 4.39 Å². The maximum absolute atomic E-state index is 13.4. The lowest BCUT2D eigenvalue weighted by Crippen LogP contribution is -2.13. The number of benzene rings is 1. The van der Waals surface area contributed by atoms with Crippen molar-refractivity contribution < 1.29 is 4.39 Å². The Morgan fingerprint density at radius 1 is 1.44 bits per heavy atom. The Kier molecular flexibility index (Phi) is 3.77. The predicted octanol–water partition coefficient (Wildman–Crippen LogP) is 2.99. The van der Waals surface area contributed by atoms with Crippen LogP contribution in [0.4, 0.5) is 4.39 Å². The third-order valence-electron chi connectivity index (χ3n) is 3.18. The van der Waals surface area contributed by atoms with Crippen molar-refractivity contribution in [1.29, 1.82) is 0 Å². The molecule has 0 aliphatic rings.